The van der Waals surface area contributed by atoms with Crippen molar-refractivity contribution in [2.45, 2.75) is 0 Å². The second-order valence-corrected chi connectivity index (χ2v) is 3.92. The number of nitrogens with one attached hydrogen (secondary N) is 1. The summed E-state index contributed by atoms with van der Waals surface area (Å²) in [7, 11) is 0. The average Bonchev–Trinajstić information content (AvgIpc) is 2.39. The lowest BCUT2D eigenvalue weighted by Crippen LogP contribution is -2.12. The fourth-order valence-electron chi connectivity index (χ4n) is 1.58. The van der Waals surface area contributed by atoms with Crippen LogP contribution >= 0.6 is 0 Å². The van der Waals surface area contributed by atoms with Crippen molar-refractivity contribution in [1.82, 2.24) is 0 Å². The predicted molar refractivity (Wildman–Crippen MR) is 65.4 cm³/mol. The molecular weight excluding hydrogens is 269 g/mol. The minimum absolute atomic E-state index is 0.151. The summed E-state index contributed by atoms with van der Waals surface area (Å²) >= 11 is 0. The molecule has 0 saturated carbocycles. The van der Waals surface area contributed by atoms with Crippen LogP contribution in [0.3, 0.4) is 0 Å². The molecule has 0 aliphatic carbocycles. The third kappa shape index (κ3) is 2.95. The number of hydrogen-bond acceptors (Lipinski definition) is 2. The SMILES string of the molecule is N#Cc1cc(NC(=O)c2cc(F)cc(F)c2)ccc1F. The van der Waals surface area contributed by atoms with Crippen LogP contribution in [0.4, 0.5) is 18.9 Å². The van der Waals surface area contributed by atoms with Crippen LogP contribution in [0.2, 0.25) is 0 Å². The van der Waals surface area contributed by atoms with Crippen molar-refractivity contribution in [3.63, 3.8) is 0 Å². The van der Waals surface area contributed by atoms with Crippen molar-refractivity contribution in [1.29, 1.82) is 5.26 Å². The van der Waals surface area contributed by atoms with Crippen LogP contribution in [0.1, 0.15) is 15.9 Å². The van der Waals surface area contributed by atoms with Gasteiger partial charge < -0.3 is 5.32 Å². The summed E-state index contributed by atoms with van der Waals surface area (Å²) in [4.78, 5) is 11.8. The first kappa shape index (κ1) is 13.6. The summed E-state index contributed by atoms with van der Waals surface area (Å²) in [6, 6.07) is 7.38. The van der Waals surface area contributed by atoms with Gasteiger partial charge in [-0.3, -0.25) is 4.79 Å². The molecule has 100 valence electrons. The molecule has 1 amide bonds. The van der Waals surface area contributed by atoms with Crippen LogP contribution in [-0.4, -0.2) is 5.91 Å². The molecule has 6 heteroatoms. The zero-order valence-corrected chi connectivity index (χ0v) is 9.95. The number of halogens is 3. The van der Waals surface area contributed by atoms with E-state index in [0.717, 1.165) is 24.3 Å². The lowest BCUT2D eigenvalue weighted by atomic mass is 10.1. The normalized spacial score (nSPS) is 9.90. The monoisotopic (exact) mass is 276 g/mol. The van der Waals surface area contributed by atoms with E-state index in [2.05, 4.69) is 5.32 Å². The summed E-state index contributed by atoms with van der Waals surface area (Å²) in [6.07, 6.45) is 0. The molecule has 0 aliphatic heterocycles. The summed E-state index contributed by atoms with van der Waals surface area (Å²) in [5.74, 6) is -3.25. The quantitative estimate of drug-likeness (QED) is 0.915. The molecule has 3 nitrogen and oxygen atoms in total. The third-order valence-electron chi connectivity index (χ3n) is 2.47. The molecule has 0 unspecified atom stereocenters. The first-order chi connectivity index (χ1) is 9.49. The van der Waals surface area contributed by atoms with Gasteiger partial charge in [0.2, 0.25) is 0 Å². The number of nitrogens with zero attached hydrogens (tertiary/aromatic N) is 1. The Labute approximate surface area is 112 Å². The highest BCUT2D eigenvalue weighted by Crippen LogP contribution is 2.16. The van der Waals surface area contributed by atoms with Gasteiger partial charge in [-0.05, 0) is 30.3 Å². The van der Waals surface area contributed by atoms with E-state index >= 15 is 0 Å². The van der Waals surface area contributed by atoms with E-state index in [1.54, 1.807) is 6.07 Å². The average molecular weight is 276 g/mol. The van der Waals surface area contributed by atoms with Crippen LogP contribution in [0.15, 0.2) is 36.4 Å². The molecule has 0 fully saturated rings. The number of carbonyl (C=O) groups is 1. The number of amides is 1. The molecule has 2 rings (SSSR count). The van der Waals surface area contributed by atoms with Crippen LogP contribution in [0.25, 0.3) is 0 Å². The number of anilines is 1. The van der Waals surface area contributed by atoms with Gasteiger partial charge in [-0.25, -0.2) is 13.2 Å². The van der Waals surface area contributed by atoms with Crippen molar-refractivity contribution in [2.24, 2.45) is 0 Å². The minimum Gasteiger partial charge on any atom is -0.322 e. The Morgan fingerprint density at radius 2 is 1.70 bits per heavy atom. The van der Waals surface area contributed by atoms with Gasteiger partial charge in [0.15, 0.2) is 0 Å². The maximum Gasteiger partial charge on any atom is 0.255 e. The Morgan fingerprint density at radius 1 is 1.05 bits per heavy atom. The summed E-state index contributed by atoms with van der Waals surface area (Å²) in [6.45, 7) is 0. The third-order valence-corrected chi connectivity index (χ3v) is 2.47. The molecule has 0 atom stereocenters. The topological polar surface area (TPSA) is 52.9 Å². The van der Waals surface area contributed by atoms with Crippen molar-refractivity contribution in [2.75, 3.05) is 5.32 Å². The van der Waals surface area contributed by atoms with Crippen molar-refractivity contribution < 1.29 is 18.0 Å². The largest absolute Gasteiger partial charge is 0.322 e. The lowest BCUT2D eigenvalue weighted by molar-refractivity contribution is 0.102. The van der Waals surface area contributed by atoms with Crippen molar-refractivity contribution in [3.05, 3.63) is 65.0 Å². The Hall–Kier alpha value is -2.81. The molecule has 0 bridgehead atoms. The van der Waals surface area contributed by atoms with Gasteiger partial charge in [0.05, 0.1) is 5.56 Å². The molecular formula is C14H7F3N2O. The van der Waals surface area contributed by atoms with Crippen molar-refractivity contribution >= 4 is 11.6 Å². The maximum atomic E-state index is 13.1. The molecule has 1 N–H and O–H groups in total. The Balaban J connectivity index is 2.26. The highest BCUT2D eigenvalue weighted by molar-refractivity contribution is 6.04. The Kier molecular flexibility index (Phi) is 3.71. The summed E-state index contributed by atoms with van der Waals surface area (Å²) in [5, 5.41) is 11.0. The van der Waals surface area contributed by atoms with Gasteiger partial charge in [0.1, 0.15) is 23.5 Å². The molecule has 0 radical (unpaired) electrons. The summed E-state index contributed by atoms with van der Waals surface area (Å²) < 4.78 is 39.1. The van der Waals surface area contributed by atoms with E-state index in [1.807, 2.05) is 0 Å². The number of benzene rings is 2. The molecule has 2 aromatic carbocycles. The zero-order valence-electron chi connectivity index (χ0n) is 9.95. The first-order valence-electron chi connectivity index (χ1n) is 5.46. The highest BCUT2D eigenvalue weighted by Gasteiger charge is 2.11. The smallest absolute Gasteiger partial charge is 0.255 e. The van der Waals surface area contributed by atoms with Crippen LogP contribution < -0.4 is 5.32 Å². The Morgan fingerprint density at radius 3 is 2.30 bits per heavy atom. The first-order valence-corrected chi connectivity index (χ1v) is 5.46. The standard InChI is InChI=1S/C14H7F3N2O/c15-10-3-8(4-11(16)6-10)14(20)19-12-1-2-13(17)9(5-12)7-18/h1-6H,(H,19,20). The number of rotatable bonds is 2. The second-order valence-electron chi connectivity index (χ2n) is 3.92. The van der Waals surface area contributed by atoms with Gasteiger partial charge in [-0.1, -0.05) is 0 Å². The van der Waals surface area contributed by atoms with Gasteiger partial charge in [0, 0.05) is 17.3 Å². The molecule has 0 saturated heterocycles. The van der Waals surface area contributed by atoms with E-state index in [1.165, 1.54) is 6.07 Å². The predicted octanol–water partition coefficient (Wildman–Crippen LogP) is 3.23. The molecule has 20 heavy (non-hydrogen) atoms. The maximum absolute atomic E-state index is 13.1. The number of nitriles is 1. The second kappa shape index (κ2) is 5.45. The molecule has 0 aromatic heterocycles. The van der Waals surface area contributed by atoms with E-state index in [-0.39, 0.29) is 16.8 Å². The zero-order chi connectivity index (χ0) is 14.7. The fourth-order valence-corrected chi connectivity index (χ4v) is 1.58. The lowest BCUT2D eigenvalue weighted by Gasteiger charge is -2.06. The molecule has 0 heterocycles. The minimum atomic E-state index is -0.882. The molecule has 2 aromatic rings. The van der Waals surface area contributed by atoms with Gasteiger partial charge >= 0.3 is 0 Å². The van der Waals surface area contributed by atoms with Crippen LogP contribution in [-0.2, 0) is 0 Å². The van der Waals surface area contributed by atoms with Gasteiger partial charge in [-0.15, -0.1) is 0 Å². The van der Waals surface area contributed by atoms with Crippen molar-refractivity contribution in [3.8, 4) is 6.07 Å². The molecule has 0 aliphatic rings. The van der Waals surface area contributed by atoms with E-state index in [9.17, 15) is 18.0 Å². The van der Waals surface area contributed by atoms with Gasteiger partial charge in [0.25, 0.3) is 5.91 Å². The summed E-state index contributed by atoms with van der Waals surface area (Å²) in [5.41, 5.74) is -0.309. The number of carbonyl (C=O) groups excluding carboxylic acids is 1. The highest BCUT2D eigenvalue weighted by atomic mass is 19.1. The Bertz CT molecular complexity index is 703. The van der Waals surface area contributed by atoms with E-state index < -0.39 is 23.4 Å². The van der Waals surface area contributed by atoms with Crippen LogP contribution in [0.5, 0.6) is 0 Å². The van der Waals surface area contributed by atoms with Gasteiger partial charge in [-0.2, -0.15) is 5.26 Å². The molecule has 0 spiro atoms. The number of hydrogen-bond donors (Lipinski definition) is 1. The van der Waals surface area contributed by atoms with Crippen LogP contribution in [0, 0.1) is 28.8 Å². The van der Waals surface area contributed by atoms with E-state index in [0.29, 0.717) is 6.07 Å². The fraction of sp³-hybridized carbons (Fsp3) is 0. The van der Waals surface area contributed by atoms with E-state index in [4.69, 9.17) is 5.26 Å².